The zero-order valence-electron chi connectivity index (χ0n) is 12.6. The zero-order chi connectivity index (χ0) is 15.8. The summed E-state index contributed by atoms with van der Waals surface area (Å²) in [6.07, 6.45) is 9.38. The van der Waals surface area contributed by atoms with Crippen LogP contribution < -0.4 is 9.36 Å². The molecule has 0 atom stereocenters. The average Bonchev–Trinajstić information content (AvgIpc) is 2.91. The number of hydrogen-bond acceptors (Lipinski definition) is 3. The summed E-state index contributed by atoms with van der Waals surface area (Å²) in [6.45, 7) is 0. The number of carbonyl (C=O) groups excluding carboxylic acids is 1. The predicted octanol–water partition coefficient (Wildman–Crippen LogP) is 2.54. The van der Waals surface area contributed by atoms with Crippen molar-refractivity contribution in [1.82, 2.24) is 4.98 Å². The molecule has 0 spiro atoms. The molecular formula is C19H14N2OSe. The molecule has 1 aliphatic heterocycles. The van der Waals surface area contributed by atoms with Crippen LogP contribution in [0.2, 0.25) is 0 Å². The number of nitrogens with zero attached hydrogens (tertiary/aromatic N) is 2. The summed E-state index contributed by atoms with van der Waals surface area (Å²) in [5, 5.41) is 0. The van der Waals surface area contributed by atoms with Gasteiger partial charge in [-0.1, -0.05) is 0 Å². The Labute approximate surface area is 141 Å². The average molecular weight is 365 g/mol. The molecule has 0 unspecified atom stereocenters. The van der Waals surface area contributed by atoms with Crippen LogP contribution in [0.5, 0.6) is 0 Å². The van der Waals surface area contributed by atoms with E-state index in [4.69, 9.17) is 0 Å². The zero-order valence-corrected chi connectivity index (χ0v) is 14.3. The first kappa shape index (κ1) is 14.2. The Kier molecular flexibility index (Phi) is 3.49. The third-order valence-corrected chi connectivity index (χ3v) is 6.43. The molecule has 0 N–H and O–H groups in total. The van der Waals surface area contributed by atoms with E-state index < -0.39 is 0 Å². The Morgan fingerprint density at radius 2 is 1.96 bits per heavy atom. The molecule has 0 bridgehead atoms. The van der Waals surface area contributed by atoms with Crippen molar-refractivity contribution in [3.05, 3.63) is 82.8 Å². The van der Waals surface area contributed by atoms with Gasteiger partial charge in [-0.25, -0.2) is 0 Å². The second-order valence-corrected chi connectivity index (χ2v) is 7.58. The Balaban J connectivity index is 1.70. The molecule has 2 heterocycles. The van der Waals surface area contributed by atoms with Gasteiger partial charge in [0.05, 0.1) is 0 Å². The van der Waals surface area contributed by atoms with E-state index in [2.05, 4.69) is 53.3 Å². The number of fused-ring (bicyclic) bond motifs is 2. The molecule has 0 amide bonds. The predicted molar refractivity (Wildman–Crippen MR) is 94.0 cm³/mol. The van der Waals surface area contributed by atoms with Gasteiger partial charge in [-0.05, 0) is 0 Å². The van der Waals surface area contributed by atoms with Gasteiger partial charge in [-0.3, -0.25) is 0 Å². The van der Waals surface area contributed by atoms with Gasteiger partial charge < -0.3 is 0 Å². The van der Waals surface area contributed by atoms with Gasteiger partial charge in [0.2, 0.25) is 0 Å². The summed E-state index contributed by atoms with van der Waals surface area (Å²) in [7, 11) is 2.10. The molecule has 0 radical (unpaired) electrons. The monoisotopic (exact) mass is 366 g/mol. The summed E-state index contributed by atoms with van der Waals surface area (Å²) in [4.78, 5) is 18.3. The number of pyridine rings is 1. The van der Waals surface area contributed by atoms with Crippen LogP contribution in [0.3, 0.4) is 0 Å². The SMILES string of the molecule is CN1/C(=C\C=C2/C=CC(=O)c3ncccc32)[Se]c2ccccc21. The Morgan fingerprint density at radius 1 is 1.09 bits per heavy atom. The molecule has 3 nitrogen and oxygen atoms in total. The first-order valence-electron chi connectivity index (χ1n) is 7.34. The molecule has 0 fully saturated rings. The van der Waals surface area contributed by atoms with E-state index in [0.29, 0.717) is 20.7 Å². The van der Waals surface area contributed by atoms with Crippen molar-refractivity contribution in [2.45, 2.75) is 0 Å². The Morgan fingerprint density at radius 3 is 2.83 bits per heavy atom. The van der Waals surface area contributed by atoms with Crippen LogP contribution in [0.25, 0.3) is 5.57 Å². The van der Waals surface area contributed by atoms with E-state index in [0.717, 1.165) is 11.1 Å². The number of anilines is 1. The number of ketones is 1. The summed E-state index contributed by atoms with van der Waals surface area (Å²) in [6, 6.07) is 12.3. The molecule has 1 aliphatic carbocycles. The topological polar surface area (TPSA) is 33.2 Å². The minimum absolute atomic E-state index is 0.0278. The van der Waals surface area contributed by atoms with Crippen molar-refractivity contribution < 1.29 is 4.79 Å². The summed E-state index contributed by atoms with van der Waals surface area (Å²) >= 11 is 0.314. The molecular weight excluding hydrogens is 351 g/mol. The van der Waals surface area contributed by atoms with Crippen LogP contribution in [-0.2, 0) is 0 Å². The maximum atomic E-state index is 11.9. The van der Waals surface area contributed by atoms with Crippen molar-refractivity contribution in [3.63, 3.8) is 0 Å². The van der Waals surface area contributed by atoms with E-state index in [9.17, 15) is 4.79 Å². The van der Waals surface area contributed by atoms with Crippen LogP contribution >= 0.6 is 0 Å². The fourth-order valence-corrected chi connectivity index (χ4v) is 4.95. The number of aromatic nitrogens is 1. The van der Waals surface area contributed by atoms with Crippen molar-refractivity contribution in [3.8, 4) is 0 Å². The van der Waals surface area contributed by atoms with Crippen LogP contribution in [0.15, 0.2) is 71.5 Å². The van der Waals surface area contributed by atoms with Gasteiger partial charge in [0.25, 0.3) is 0 Å². The van der Waals surface area contributed by atoms with Gasteiger partial charge in [0.15, 0.2) is 0 Å². The number of allylic oxidation sites excluding steroid dienone is 5. The summed E-state index contributed by atoms with van der Waals surface area (Å²) in [5.41, 5.74) is 3.75. The number of carbonyl (C=O) groups is 1. The van der Waals surface area contributed by atoms with Crippen molar-refractivity contribution >= 4 is 36.5 Å². The first-order chi connectivity index (χ1) is 11.2. The van der Waals surface area contributed by atoms with E-state index in [-0.39, 0.29) is 5.78 Å². The molecule has 1 aromatic carbocycles. The van der Waals surface area contributed by atoms with Crippen molar-refractivity contribution in [2.75, 3.05) is 11.9 Å². The molecule has 0 saturated heterocycles. The van der Waals surface area contributed by atoms with E-state index in [1.807, 2.05) is 18.2 Å². The van der Waals surface area contributed by atoms with Gasteiger partial charge in [-0.15, -0.1) is 0 Å². The number of benzene rings is 1. The van der Waals surface area contributed by atoms with E-state index in [1.54, 1.807) is 12.3 Å². The van der Waals surface area contributed by atoms with Crippen molar-refractivity contribution in [1.29, 1.82) is 0 Å². The van der Waals surface area contributed by atoms with Gasteiger partial charge in [0.1, 0.15) is 0 Å². The van der Waals surface area contributed by atoms with Crippen LogP contribution in [0.1, 0.15) is 16.1 Å². The Hall–Kier alpha value is -2.42. The third kappa shape index (κ3) is 2.46. The first-order valence-corrected chi connectivity index (χ1v) is 9.06. The normalized spacial score (nSPS) is 19.3. The number of rotatable bonds is 1. The van der Waals surface area contributed by atoms with Crippen LogP contribution in [0.4, 0.5) is 5.69 Å². The Bertz CT molecular complexity index is 896. The molecule has 2 aliphatic rings. The van der Waals surface area contributed by atoms with E-state index in [1.165, 1.54) is 14.7 Å². The maximum absolute atomic E-state index is 11.9. The van der Waals surface area contributed by atoms with Gasteiger partial charge in [-0.2, -0.15) is 0 Å². The van der Waals surface area contributed by atoms with Crippen LogP contribution in [0, 0.1) is 0 Å². The molecule has 4 heteroatoms. The van der Waals surface area contributed by atoms with Gasteiger partial charge >= 0.3 is 141 Å². The molecule has 23 heavy (non-hydrogen) atoms. The summed E-state index contributed by atoms with van der Waals surface area (Å²) < 4.78 is 2.71. The minimum atomic E-state index is -0.0278. The van der Waals surface area contributed by atoms with Crippen molar-refractivity contribution in [2.24, 2.45) is 0 Å². The van der Waals surface area contributed by atoms with Gasteiger partial charge in [0, 0.05) is 0 Å². The molecule has 0 saturated carbocycles. The number of hydrogen-bond donors (Lipinski definition) is 0. The molecule has 1 aromatic heterocycles. The standard InChI is InChI=1S/C19H14N2OSe/c1-21-15-6-2-3-7-17(15)23-18(21)11-9-13-8-10-16(22)19-14(13)5-4-12-20-19/h2-12H,1H3/b13-9+,18-11+. The second kappa shape index (κ2) is 5.65. The quantitative estimate of drug-likeness (QED) is 0.729. The fourth-order valence-electron chi connectivity index (χ4n) is 2.74. The third-order valence-electron chi connectivity index (χ3n) is 3.94. The summed E-state index contributed by atoms with van der Waals surface area (Å²) in [5.74, 6) is -0.0278. The second-order valence-electron chi connectivity index (χ2n) is 5.35. The fraction of sp³-hybridized carbons (Fsp3) is 0.0526. The van der Waals surface area contributed by atoms with E-state index >= 15 is 0 Å². The van der Waals surface area contributed by atoms with Crippen LogP contribution in [-0.4, -0.2) is 32.8 Å². The number of para-hydroxylation sites is 1. The molecule has 112 valence electrons. The molecule has 2 aromatic rings. The molecule has 4 rings (SSSR count).